The summed E-state index contributed by atoms with van der Waals surface area (Å²) in [6, 6.07) is -2.92. The number of ether oxygens (including phenoxy) is 7. The van der Waals surface area contributed by atoms with Crippen LogP contribution in [0.15, 0.2) is 0 Å². The minimum atomic E-state index is -5.53. The summed E-state index contributed by atoms with van der Waals surface area (Å²) in [7, 11) is -5.53. The number of phosphoric acid groups is 1. The van der Waals surface area contributed by atoms with Crippen molar-refractivity contribution in [3.05, 3.63) is 0 Å². The Morgan fingerprint density at radius 3 is 1.14 bits per heavy atom. The molecule has 2 amide bonds. The van der Waals surface area contributed by atoms with Crippen molar-refractivity contribution < 1.29 is 106 Å². The number of phosphoric ester groups is 1. The molecule has 0 aromatic carbocycles. The monoisotopic (exact) mass is 1710 g/mol. The van der Waals surface area contributed by atoms with Crippen molar-refractivity contribution in [3.8, 4) is 0 Å². The largest absolute Gasteiger partial charge is 0.470 e. The quantitative estimate of drug-likeness (QED) is 0.00898. The zero-order chi connectivity index (χ0) is 86.9. The van der Waals surface area contributed by atoms with E-state index in [1.165, 1.54) is 129 Å². The second-order valence-electron chi connectivity index (χ2n) is 34.3. The number of rotatable bonds is 85. The highest BCUT2D eigenvalue weighted by Crippen LogP contribution is 2.39. The lowest BCUT2D eigenvalue weighted by atomic mass is 9.96. The van der Waals surface area contributed by atoms with E-state index in [4.69, 9.17) is 37.7 Å². The Hall–Kier alpha value is -3.39. The van der Waals surface area contributed by atoms with Crippen LogP contribution < -0.4 is 10.6 Å². The number of aliphatic hydroxyl groups is 5. The summed E-state index contributed by atoms with van der Waals surface area (Å²) in [6.45, 7) is 11.8. The van der Waals surface area contributed by atoms with Crippen molar-refractivity contribution >= 4 is 43.5 Å². The predicted octanol–water partition coefficient (Wildman–Crippen LogP) is 20.3. The predicted molar refractivity (Wildman–Crippen MR) is 467 cm³/mol. The molecule has 9 N–H and O–H groups in total. The first-order chi connectivity index (χ1) is 57.0. The van der Waals surface area contributed by atoms with E-state index < -0.39 is 162 Å². The highest BCUT2D eigenvalue weighted by molar-refractivity contribution is 7.46. The molecule has 0 saturated carbocycles. The molecule has 696 valence electrons. The summed E-state index contributed by atoms with van der Waals surface area (Å²) < 4.78 is 60.5. The number of carbonyl (C=O) groups is 6. The van der Waals surface area contributed by atoms with Gasteiger partial charge in [0.15, 0.2) is 18.7 Å². The second kappa shape index (κ2) is 77.2. The summed E-state index contributed by atoms with van der Waals surface area (Å²) in [6.07, 6.45) is 39.8. The first-order valence-corrected chi connectivity index (χ1v) is 49.9. The Kier molecular flexibility index (Phi) is 73.7. The van der Waals surface area contributed by atoms with Crippen molar-refractivity contribution in [3.63, 3.8) is 0 Å². The lowest BCUT2D eigenvalue weighted by Gasteiger charge is -2.43. The number of amides is 2. The molecule has 0 bridgehead atoms. The van der Waals surface area contributed by atoms with E-state index in [0.29, 0.717) is 57.8 Å². The van der Waals surface area contributed by atoms with Gasteiger partial charge in [-0.25, -0.2) is 4.57 Å². The van der Waals surface area contributed by atoms with Gasteiger partial charge in [0.1, 0.15) is 49.3 Å². The van der Waals surface area contributed by atoms with Gasteiger partial charge < -0.3 is 79.1 Å². The summed E-state index contributed by atoms with van der Waals surface area (Å²) in [5.41, 5.74) is 0. The topological polar surface area (TPSA) is 359 Å². The molecular weight excluding hydrogens is 1530 g/mol. The minimum Gasteiger partial charge on any atom is -0.463 e. The Bertz CT molecular complexity index is 2450. The van der Waals surface area contributed by atoms with E-state index >= 15 is 0 Å². The zero-order valence-corrected chi connectivity index (χ0v) is 76.5. The lowest BCUT2D eigenvalue weighted by Crippen LogP contribution is -2.65. The molecule has 13 atom stereocenters. The molecule has 4 unspecified atom stereocenters. The highest BCUT2D eigenvalue weighted by atomic mass is 31.2. The van der Waals surface area contributed by atoms with Gasteiger partial charge in [-0.05, 0) is 58.3 Å². The van der Waals surface area contributed by atoms with Crippen molar-refractivity contribution in [1.82, 2.24) is 10.6 Å². The van der Waals surface area contributed by atoms with Crippen molar-refractivity contribution in [2.45, 2.75) is 539 Å². The van der Waals surface area contributed by atoms with Crippen LogP contribution in [0, 0.1) is 0 Å². The number of esters is 4. The molecule has 1 rings (SSSR count). The Labute approximate surface area is 715 Å². The molecule has 1 heterocycles. The standard InChI is InChI=1S/C93H177N2O22P/c1-8-14-20-26-32-38-44-50-56-62-76(97)68-83(99)95-89-91(116-88(104)69-77(98)63-57-51-45-39-33-27-21-15-9-2)90(105)82(114-92(89)106)74-111-93(75(7)94-84(100)70-78(64-58-52-46-40-34-28-22-16-10-3)112-85(101)66-60-54-48-42-36-30-24-18-12-5)115-80(72-96)81(117-118(107,108)109)73-110-87(103)71-79(65-59-53-47-41-35-29-23-17-11-4)113-86(102)67-61-55-49-43-37-31-25-19-13-6/h75-82,89-93,96-98,105-106H,8-74H2,1-7H3,(H,94,100)(H,95,99)(H2,107,108,109)/t75-,76+,77+,78+,79+,80?,81-,82?,89-,90+,91?,92?,93+/m0/s1. The Morgan fingerprint density at radius 2 is 0.763 bits per heavy atom. The van der Waals surface area contributed by atoms with Crippen molar-refractivity contribution in [2.75, 3.05) is 19.8 Å². The molecule has 0 aliphatic carbocycles. The zero-order valence-electron chi connectivity index (χ0n) is 75.6. The van der Waals surface area contributed by atoms with E-state index in [-0.39, 0.29) is 25.7 Å². The molecule has 0 radical (unpaired) electrons. The van der Waals surface area contributed by atoms with Crippen LogP contribution in [0.4, 0.5) is 0 Å². The summed E-state index contributed by atoms with van der Waals surface area (Å²) in [5.74, 6) is -4.12. The maximum Gasteiger partial charge on any atom is 0.470 e. The maximum atomic E-state index is 14.5. The number of hydrogen-bond acceptors (Lipinski definition) is 20. The number of unbranched alkanes of at least 4 members (excludes halogenated alkanes) is 48. The summed E-state index contributed by atoms with van der Waals surface area (Å²) >= 11 is 0. The van der Waals surface area contributed by atoms with Crippen LogP contribution in [0.3, 0.4) is 0 Å². The van der Waals surface area contributed by atoms with Crippen LogP contribution in [-0.2, 0) is 71.0 Å². The van der Waals surface area contributed by atoms with E-state index in [9.17, 15) is 68.7 Å². The average molecular weight is 1710 g/mol. The third-order valence-electron chi connectivity index (χ3n) is 22.8. The van der Waals surface area contributed by atoms with Crippen molar-refractivity contribution in [1.29, 1.82) is 0 Å². The fraction of sp³-hybridized carbons (Fsp3) is 0.935. The third kappa shape index (κ3) is 64.4. The third-order valence-corrected chi connectivity index (χ3v) is 23.4. The van der Waals surface area contributed by atoms with Gasteiger partial charge in [-0.15, -0.1) is 0 Å². The second-order valence-corrected chi connectivity index (χ2v) is 35.5. The van der Waals surface area contributed by atoms with Crippen LogP contribution in [0.5, 0.6) is 0 Å². The van der Waals surface area contributed by atoms with E-state index in [2.05, 4.69) is 52.2 Å². The number of carbonyl (C=O) groups excluding carboxylic acids is 6. The van der Waals surface area contributed by atoms with Gasteiger partial charge >= 0.3 is 31.7 Å². The van der Waals surface area contributed by atoms with Crippen molar-refractivity contribution in [2.24, 2.45) is 0 Å². The van der Waals surface area contributed by atoms with Crippen LogP contribution in [-0.4, -0.2) is 170 Å². The molecule has 0 aromatic heterocycles. The SMILES string of the molecule is CCCCCCCCCCCC(=O)O[C@H](CCCCCCCCCCC)CC(=O)N[C@@H](C)[C@H](OCC1OC(O)[C@@H](NC(=O)C[C@H](O)CCCCCCCCCCC)C(OC(=O)C[C@H](O)CCCCCCCCCCC)[C@@H]1O)OC(CO)[C@H](COC(=O)C[C@@H](CCCCCCCCCCC)OC(=O)CCCCCCCCCCC)OP(=O)(O)O. The molecule has 1 fully saturated rings. The van der Waals surface area contributed by atoms with Gasteiger partial charge in [-0.3, -0.25) is 33.3 Å². The Balaban J connectivity index is 3.82. The van der Waals surface area contributed by atoms with Crippen LogP contribution in [0.25, 0.3) is 0 Å². The van der Waals surface area contributed by atoms with Gasteiger partial charge in [0.25, 0.3) is 0 Å². The van der Waals surface area contributed by atoms with Crippen LogP contribution >= 0.6 is 7.82 Å². The molecule has 24 nitrogen and oxygen atoms in total. The molecule has 1 aliphatic heterocycles. The average Bonchev–Trinajstić information content (AvgIpc) is 0.795. The first-order valence-electron chi connectivity index (χ1n) is 48.4. The van der Waals surface area contributed by atoms with Gasteiger partial charge in [0.05, 0.1) is 57.1 Å². The minimum absolute atomic E-state index is 0.164. The summed E-state index contributed by atoms with van der Waals surface area (Å²) in [4.78, 5) is 104. The van der Waals surface area contributed by atoms with Gasteiger partial charge in [0.2, 0.25) is 11.8 Å². The fourth-order valence-electron chi connectivity index (χ4n) is 15.5. The highest BCUT2D eigenvalue weighted by Gasteiger charge is 2.49. The van der Waals surface area contributed by atoms with Gasteiger partial charge in [-0.2, -0.15) is 0 Å². The number of hydrogen-bond donors (Lipinski definition) is 9. The van der Waals surface area contributed by atoms with E-state index in [0.717, 1.165) is 186 Å². The smallest absolute Gasteiger partial charge is 0.463 e. The fourth-order valence-corrected chi connectivity index (χ4v) is 16.1. The van der Waals surface area contributed by atoms with Gasteiger partial charge in [-0.1, -0.05) is 363 Å². The molecule has 1 saturated heterocycles. The van der Waals surface area contributed by atoms with Gasteiger partial charge in [0, 0.05) is 12.8 Å². The van der Waals surface area contributed by atoms with E-state index in [1.807, 2.05) is 0 Å². The molecule has 118 heavy (non-hydrogen) atoms. The number of aliphatic hydroxyl groups excluding tert-OH is 5. The summed E-state index contributed by atoms with van der Waals surface area (Å²) in [5, 5.41) is 63.1. The lowest BCUT2D eigenvalue weighted by molar-refractivity contribution is -0.280. The molecule has 25 heteroatoms. The normalized spacial score (nSPS) is 17.8. The van der Waals surface area contributed by atoms with Crippen LogP contribution in [0.2, 0.25) is 0 Å². The molecule has 0 aromatic rings. The van der Waals surface area contributed by atoms with E-state index in [1.54, 1.807) is 0 Å². The first kappa shape index (κ1) is 113. The number of nitrogens with one attached hydrogen (secondary N) is 2. The molecular formula is C93H177N2O22P. The maximum absolute atomic E-state index is 14.5. The van der Waals surface area contributed by atoms with Crippen LogP contribution in [0.1, 0.15) is 459 Å². The molecule has 0 spiro atoms. The Morgan fingerprint density at radius 1 is 0.415 bits per heavy atom. The molecule has 1 aliphatic rings.